The predicted octanol–water partition coefficient (Wildman–Crippen LogP) is 6.16. The van der Waals surface area contributed by atoms with Crippen molar-refractivity contribution in [1.82, 2.24) is 0 Å². The highest BCUT2D eigenvalue weighted by Gasteiger charge is 2.07. The van der Waals surface area contributed by atoms with Crippen LogP contribution in [0.25, 0.3) is 0 Å². The van der Waals surface area contributed by atoms with E-state index in [9.17, 15) is 0 Å². The van der Waals surface area contributed by atoms with Gasteiger partial charge in [0, 0.05) is 17.3 Å². The van der Waals surface area contributed by atoms with Gasteiger partial charge in [0.1, 0.15) is 6.61 Å². The number of ether oxygens (including phenoxy) is 2. The summed E-state index contributed by atoms with van der Waals surface area (Å²) in [7, 11) is 1.66. The Bertz CT molecular complexity index is 924. The quantitative estimate of drug-likeness (QED) is 0.531. The first-order valence-electron chi connectivity index (χ1n) is 8.91. The van der Waals surface area contributed by atoms with Crippen molar-refractivity contribution in [1.29, 1.82) is 0 Å². The third-order valence-corrected chi connectivity index (χ3v) is 4.95. The van der Waals surface area contributed by atoms with Gasteiger partial charge < -0.3 is 14.8 Å². The van der Waals surface area contributed by atoms with E-state index in [0.717, 1.165) is 33.3 Å². The molecule has 140 valence electrons. The zero-order valence-electron chi connectivity index (χ0n) is 15.9. The highest BCUT2D eigenvalue weighted by Crippen LogP contribution is 2.29. The van der Waals surface area contributed by atoms with Crippen LogP contribution >= 0.6 is 11.6 Å². The minimum Gasteiger partial charge on any atom is -0.493 e. The fraction of sp³-hybridized carbons (Fsp3) is 0.217. The number of halogens is 1. The van der Waals surface area contributed by atoms with Crippen molar-refractivity contribution in [2.24, 2.45) is 0 Å². The SMILES string of the molecule is COc1cc(CNc2ccc(C)c(Cl)c2)ccc1OCc1ccccc1C. The molecule has 0 saturated carbocycles. The number of methoxy groups -OCH3 is 1. The molecule has 4 heteroatoms. The molecule has 1 N–H and O–H groups in total. The maximum atomic E-state index is 6.18. The number of hydrogen-bond donors (Lipinski definition) is 1. The summed E-state index contributed by atoms with van der Waals surface area (Å²) in [5.74, 6) is 1.47. The Kier molecular flexibility index (Phi) is 6.25. The normalized spacial score (nSPS) is 10.5. The molecular formula is C23H24ClNO2. The molecule has 0 aliphatic carbocycles. The largest absolute Gasteiger partial charge is 0.493 e. The Morgan fingerprint density at radius 3 is 2.44 bits per heavy atom. The van der Waals surface area contributed by atoms with Crippen LogP contribution in [0.3, 0.4) is 0 Å². The smallest absolute Gasteiger partial charge is 0.161 e. The maximum absolute atomic E-state index is 6.18. The fourth-order valence-corrected chi connectivity index (χ4v) is 2.96. The lowest BCUT2D eigenvalue weighted by Gasteiger charge is -2.14. The fourth-order valence-electron chi connectivity index (χ4n) is 2.78. The summed E-state index contributed by atoms with van der Waals surface area (Å²) >= 11 is 6.18. The molecule has 0 heterocycles. The molecule has 0 atom stereocenters. The minimum atomic E-state index is 0.516. The molecule has 3 rings (SSSR count). The Morgan fingerprint density at radius 2 is 1.70 bits per heavy atom. The van der Waals surface area contributed by atoms with Crippen LogP contribution in [0.1, 0.15) is 22.3 Å². The summed E-state index contributed by atoms with van der Waals surface area (Å²) < 4.78 is 11.5. The summed E-state index contributed by atoms with van der Waals surface area (Å²) in [6.07, 6.45) is 0. The second kappa shape index (κ2) is 8.83. The van der Waals surface area contributed by atoms with Crippen LogP contribution in [-0.4, -0.2) is 7.11 Å². The summed E-state index contributed by atoms with van der Waals surface area (Å²) in [6, 6.07) is 20.2. The van der Waals surface area contributed by atoms with Gasteiger partial charge in [-0.15, -0.1) is 0 Å². The van der Waals surface area contributed by atoms with Crippen molar-refractivity contribution in [3.05, 3.63) is 87.9 Å². The molecule has 3 aromatic rings. The summed E-state index contributed by atoms with van der Waals surface area (Å²) in [5, 5.41) is 4.15. The highest BCUT2D eigenvalue weighted by molar-refractivity contribution is 6.31. The molecule has 0 aliphatic heterocycles. The van der Waals surface area contributed by atoms with Gasteiger partial charge >= 0.3 is 0 Å². The molecule has 0 aromatic heterocycles. The van der Waals surface area contributed by atoms with Crippen LogP contribution in [0.4, 0.5) is 5.69 Å². The number of aryl methyl sites for hydroxylation is 2. The standard InChI is InChI=1S/C23H24ClNO2/c1-16-6-4-5-7-19(16)15-27-22-11-9-18(12-23(22)26-3)14-25-20-10-8-17(2)21(24)13-20/h4-13,25H,14-15H2,1-3H3. The van der Waals surface area contributed by atoms with Crippen molar-refractivity contribution in [3.63, 3.8) is 0 Å². The Labute approximate surface area is 165 Å². The monoisotopic (exact) mass is 381 g/mol. The minimum absolute atomic E-state index is 0.516. The van der Waals surface area contributed by atoms with E-state index in [1.807, 2.05) is 55.5 Å². The third-order valence-electron chi connectivity index (χ3n) is 4.54. The van der Waals surface area contributed by atoms with Crippen molar-refractivity contribution >= 4 is 17.3 Å². The zero-order valence-corrected chi connectivity index (χ0v) is 16.6. The van der Waals surface area contributed by atoms with E-state index in [2.05, 4.69) is 24.4 Å². The van der Waals surface area contributed by atoms with E-state index in [1.54, 1.807) is 7.11 Å². The lowest BCUT2D eigenvalue weighted by atomic mass is 10.1. The van der Waals surface area contributed by atoms with Gasteiger partial charge in [-0.3, -0.25) is 0 Å². The van der Waals surface area contributed by atoms with E-state index in [0.29, 0.717) is 13.2 Å². The third kappa shape index (κ3) is 4.95. The first-order chi connectivity index (χ1) is 13.1. The van der Waals surface area contributed by atoms with E-state index in [-0.39, 0.29) is 0 Å². The maximum Gasteiger partial charge on any atom is 0.161 e. The van der Waals surface area contributed by atoms with Gasteiger partial charge in [0.2, 0.25) is 0 Å². The first kappa shape index (κ1) is 19.1. The number of benzene rings is 3. The molecular weight excluding hydrogens is 358 g/mol. The highest BCUT2D eigenvalue weighted by atomic mass is 35.5. The average molecular weight is 382 g/mol. The molecule has 0 fully saturated rings. The zero-order chi connectivity index (χ0) is 19.2. The van der Waals surface area contributed by atoms with Crippen molar-refractivity contribution < 1.29 is 9.47 Å². The van der Waals surface area contributed by atoms with E-state index >= 15 is 0 Å². The van der Waals surface area contributed by atoms with Crippen molar-refractivity contribution in [3.8, 4) is 11.5 Å². The average Bonchev–Trinajstić information content (AvgIpc) is 2.68. The van der Waals surface area contributed by atoms with Gasteiger partial charge in [-0.1, -0.05) is 48.0 Å². The van der Waals surface area contributed by atoms with Gasteiger partial charge in [0.05, 0.1) is 7.11 Å². The summed E-state index contributed by atoms with van der Waals surface area (Å²) in [6.45, 7) is 5.27. The molecule has 27 heavy (non-hydrogen) atoms. The van der Waals surface area contributed by atoms with Gasteiger partial charge in [0.25, 0.3) is 0 Å². The van der Waals surface area contributed by atoms with Crippen LogP contribution in [0.15, 0.2) is 60.7 Å². The van der Waals surface area contributed by atoms with Crippen LogP contribution in [0.2, 0.25) is 5.02 Å². The molecule has 0 aliphatic rings. The first-order valence-corrected chi connectivity index (χ1v) is 9.29. The summed E-state index contributed by atoms with van der Waals surface area (Å²) in [4.78, 5) is 0. The van der Waals surface area contributed by atoms with Gasteiger partial charge in [0.15, 0.2) is 11.5 Å². The predicted molar refractivity (Wildman–Crippen MR) is 112 cm³/mol. The Hall–Kier alpha value is -2.65. The molecule has 3 aromatic carbocycles. The van der Waals surface area contributed by atoms with E-state index < -0.39 is 0 Å². The van der Waals surface area contributed by atoms with Crippen LogP contribution in [-0.2, 0) is 13.2 Å². The topological polar surface area (TPSA) is 30.5 Å². The molecule has 0 radical (unpaired) electrons. The van der Waals surface area contributed by atoms with Gasteiger partial charge in [-0.25, -0.2) is 0 Å². The van der Waals surface area contributed by atoms with E-state index in [1.165, 1.54) is 11.1 Å². The Morgan fingerprint density at radius 1 is 0.889 bits per heavy atom. The molecule has 0 saturated heterocycles. The van der Waals surface area contributed by atoms with Crippen LogP contribution < -0.4 is 14.8 Å². The van der Waals surface area contributed by atoms with Crippen LogP contribution in [0, 0.1) is 13.8 Å². The molecule has 3 nitrogen and oxygen atoms in total. The molecule has 0 spiro atoms. The second-order valence-corrected chi connectivity index (χ2v) is 6.93. The van der Waals surface area contributed by atoms with Crippen LogP contribution in [0.5, 0.6) is 11.5 Å². The van der Waals surface area contributed by atoms with E-state index in [4.69, 9.17) is 21.1 Å². The number of nitrogens with one attached hydrogen (secondary N) is 1. The summed E-state index contributed by atoms with van der Waals surface area (Å²) in [5.41, 5.74) is 5.55. The molecule has 0 amide bonds. The second-order valence-electron chi connectivity index (χ2n) is 6.52. The number of anilines is 1. The lowest BCUT2D eigenvalue weighted by Crippen LogP contribution is -2.02. The number of hydrogen-bond acceptors (Lipinski definition) is 3. The lowest BCUT2D eigenvalue weighted by molar-refractivity contribution is 0.283. The molecule has 0 bridgehead atoms. The van der Waals surface area contributed by atoms with Gasteiger partial charge in [-0.05, 0) is 60.4 Å². The Balaban J connectivity index is 1.66. The molecule has 0 unspecified atom stereocenters. The number of rotatable bonds is 7. The van der Waals surface area contributed by atoms with Crippen molar-refractivity contribution in [2.75, 3.05) is 12.4 Å². The van der Waals surface area contributed by atoms with Gasteiger partial charge in [-0.2, -0.15) is 0 Å². The van der Waals surface area contributed by atoms with Crippen molar-refractivity contribution in [2.45, 2.75) is 27.0 Å².